The summed E-state index contributed by atoms with van der Waals surface area (Å²) in [6.07, 6.45) is 2.18. The zero-order valence-corrected chi connectivity index (χ0v) is 13.2. The van der Waals surface area contributed by atoms with Gasteiger partial charge in [-0.15, -0.1) is 0 Å². The van der Waals surface area contributed by atoms with Gasteiger partial charge in [-0.1, -0.05) is 6.92 Å². The maximum absolute atomic E-state index is 7.84. The van der Waals surface area contributed by atoms with Crippen molar-refractivity contribution in [1.29, 1.82) is 5.41 Å². The Morgan fingerprint density at radius 3 is 2.81 bits per heavy atom. The minimum absolute atomic E-state index is 0.111. The molecule has 0 saturated carbocycles. The molecule has 1 aliphatic heterocycles. The highest BCUT2D eigenvalue weighted by atomic mass is 16.5. The van der Waals surface area contributed by atoms with Crippen LogP contribution in [-0.4, -0.2) is 50.6 Å². The Balaban J connectivity index is 2.43. The van der Waals surface area contributed by atoms with Gasteiger partial charge in [-0.25, -0.2) is 0 Å². The number of nitrogen functional groups attached to an aromatic ring is 1. The third-order valence-corrected chi connectivity index (χ3v) is 4.18. The Labute approximate surface area is 127 Å². The molecule has 1 unspecified atom stereocenters. The van der Waals surface area contributed by atoms with Gasteiger partial charge in [0.15, 0.2) is 0 Å². The maximum Gasteiger partial charge on any atom is 0.124 e. The van der Waals surface area contributed by atoms with Gasteiger partial charge in [0.25, 0.3) is 0 Å². The first-order valence-electron chi connectivity index (χ1n) is 7.54. The lowest BCUT2D eigenvalue weighted by Gasteiger charge is -2.33. The van der Waals surface area contributed by atoms with E-state index in [0.717, 1.165) is 49.5 Å². The second-order valence-electron chi connectivity index (χ2n) is 5.67. The van der Waals surface area contributed by atoms with E-state index in [9.17, 15) is 0 Å². The molecule has 5 heteroatoms. The highest BCUT2D eigenvalue weighted by molar-refractivity contribution is 6.00. The van der Waals surface area contributed by atoms with E-state index in [1.807, 2.05) is 18.2 Å². The zero-order valence-electron chi connectivity index (χ0n) is 13.2. The molecule has 3 N–H and O–H groups in total. The van der Waals surface area contributed by atoms with Gasteiger partial charge in [-0.05, 0) is 38.6 Å². The molecule has 0 amide bonds. The number of rotatable bonds is 4. The summed E-state index contributed by atoms with van der Waals surface area (Å²) in [5.41, 5.74) is 7.58. The van der Waals surface area contributed by atoms with E-state index >= 15 is 0 Å². The van der Waals surface area contributed by atoms with Gasteiger partial charge in [-0.2, -0.15) is 0 Å². The summed E-state index contributed by atoms with van der Waals surface area (Å²) >= 11 is 0. The summed E-state index contributed by atoms with van der Waals surface area (Å²) in [6.45, 7) is 5.33. The van der Waals surface area contributed by atoms with Crippen LogP contribution in [0.4, 0.5) is 5.69 Å². The van der Waals surface area contributed by atoms with E-state index in [1.54, 1.807) is 7.11 Å². The molecule has 116 valence electrons. The Bertz CT molecular complexity index is 503. The highest BCUT2D eigenvalue weighted by Gasteiger charge is 2.25. The number of hydrogen-bond donors (Lipinski definition) is 2. The fraction of sp³-hybridized carbons (Fsp3) is 0.562. The van der Waals surface area contributed by atoms with Crippen LogP contribution in [0.25, 0.3) is 0 Å². The average molecular weight is 290 g/mol. The number of nitrogens with one attached hydrogen (secondary N) is 1. The van der Waals surface area contributed by atoms with Gasteiger partial charge in [0.2, 0.25) is 0 Å². The Hall–Kier alpha value is -1.75. The van der Waals surface area contributed by atoms with Crippen LogP contribution in [0.2, 0.25) is 0 Å². The van der Waals surface area contributed by atoms with Crippen LogP contribution < -0.4 is 15.4 Å². The van der Waals surface area contributed by atoms with Crippen LogP contribution >= 0.6 is 0 Å². The van der Waals surface area contributed by atoms with E-state index in [2.05, 4.69) is 23.8 Å². The molecule has 1 fully saturated rings. The molecule has 1 aromatic rings. The van der Waals surface area contributed by atoms with Crippen molar-refractivity contribution in [2.45, 2.75) is 25.8 Å². The summed E-state index contributed by atoms with van der Waals surface area (Å²) < 4.78 is 5.35. The van der Waals surface area contributed by atoms with Crippen molar-refractivity contribution in [3.05, 3.63) is 23.8 Å². The minimum Gasteiger partial charge on any atom is -0.497 e. The van der Waals surface area contributed by atoms with Crippen LogP contribution in [-0.2, 0) is 0 Å². The number of nitrogens with two attached hydrogens (primary N) is 1. The summed E-state index contributed by atoms with van der Waals surface area (Å²) in [7, 11) is 3.84. The summed E-state index contributed by atoms with van der Waals surface area (Å²) in [4.78, 5) is 4.77. The largest absolute Gasteiger partial charge is 0.497 e. The molecule has 1 atom stereocenters. The number of nitrogens with zero attached hydrogens (tertiary/aromatic N) is 2. The number of anilines is 1. The Morgan fingerprint density at radius 1 is 1.43 bits per heavy atom. The van der Waals surface area contributed by atoms with Gasteiger partial charge in [-0.3, -0.25) is 5.41 Å². The van der Waals surface area contributed by atoms with Crippen LogP contribution in [0.3, 0.4) is 0 Å². The lowest BCUT2D eigenvalue weighted by atomic mass is 10.1. The van der Waals surface area contributed by atoms with Crippen LogP contribution in [0.5, 0.6) is 5.75 Å². The maximum atomic E-state index is 7.84. The standard InChI is InChI=1S/C16H26N4O/c1-4-12-11-19(2)8-5-9-20(12)15-10-13(21-3)6-7-14(15)16(17)18/h6-7,10,12H,4-5,8-9,11H2,1-3H3,(H3,17,18). The molecule has 1 aromatic carbocycles. The zero-order chi connectivity index (χ0) is 15.4. The van der Waals surface area contributed by atoms with Crippen molar-refractivity contribution < 1.29 is 4.74 Å². The SMILES string of the molecule is CCC1CN(C)CCCN1c1cc(OC)ccc1C(=N)N. The number of amidine groups is 1. The van der Waals surface area contributed by atoms with E-state index < -0.39 is 0 Å². The van der Waals surface area contributed by atoms with Crippen molar-refractivity contribution in [2.24, 2.45) is 5.73 Å². The molecule has 1 aliphatic rings. The molecule has 1 saturated heterocycles. The Morgan fingerprint density at radius 2 is 2.19 bits per heavy atom. The lowest BCUT2D eigenvalue weighted by molar-refractivity contribution is 0.328. The molecule has 0 bridgehead atoms. The van der Waals surface area contributed by atoms with Crippen molar-refractivity contribution in [1.82, 2.24) is 4.90 Å². The molecular formula is C16H26N4O. The van der Waals surface area contributed by atoms with E-state index in [0.29, 0.717) is 6.04 Å². The van der Waals surface area contributed by atoms with E-state index in [1.165, 1.54) is 0 Å². The number of methoxy groups -OCH3 is 1. The highest BCUT2D eigenvalue weighted by Crippen LogP contribution is 2.29. The van der Waals surface area contributed by atoms with E-state index in [4.69, 9.17) is 15.9 Å². The van der Waals surface area contributed by atoms with Crippen LogP contribution in [0.1, 0.15) is 25.3 Å². The monoisotopic (exact) mass is 290 g/mol. The van der Waals surface area contributed by atoms with Gasteiger partial charge in [0.05, 0.1) is 12.8 Å². The average Bonchev–Trinajstić information content (AvgIpc) is 2.67. The summed E-state index contributed by atoms with van der Waals surface area (Å²) in [6, 6.07) is 6.19. The Kier molecular flexibility index (Phi) is 5.07. The van der Waals surface area contributed by atoms with Crippen molar-refractivity contribution in [3.63, 3.8) is 0 Å². The van der Waals surface area contributed by atoms with Gasteiger partial charge < -0.3 is 20.3 Å². The normalized spacial score (nSPS) is 20.1. The fourth-order valence-electron chi connectivity index (χ4n) is 3.01. The second kappa shape index (κ2) is 6.80. The van der Waals surface area contributed by atoms with Crippen molar-refractivity contribution in [2.75, 3.05) is 38.7 Å². The summed E-state index contributed by atoms with van der Waals surface area (Å²) in [5.74, 6) is 0.919. The van der Waals surface area contributed by atoms with Gasteiger partial charge in [0.1, 0.15) is 11.6 Å². The summed E-state index contributed by atoms with van der Waals surface area (Å²) in [5, 5.41) is 7.84. The smallest absolute Gasteiger partial charge is 0.124 e. The van der Waals surface area contributed by atoms with Gasteiger partial charge >= 0.3 is 0 Å². The number of likely N-dealkylation sites (N-methyl/N-ethyl adjacent to an activating group) is 1. The molecule has 5 nitrogen and oxygen atoms in total. The number of hydrogen-bond acceptors (Lipinski definition) is 4. The van der Waals surface area contributed by atoms with Crippen molar-refractivity contribution >= 4 is 11.5 Å². The lowest BCUT2D eigenvalue weighted by Crippen LogP contribution is -2.40. The molecule has 21 heavy (non-hydrogen) atoms. The fourth-order valence-corrected chi connectivity index (χ4v) is 3.01. The molecule has 0 aliphatic carbocycles. The molecule has 0 radical (unpaired) electrons. The predicted molar refractivity (Wildman–Crippen MR) is 87.5 cm³/mol. The molecule has 0 spiro atoms. The van der Waals surface area contributed by atoms with Crippen LogP contribution in [0, 0.1) is 5.41 Å². The predicted octanol–water partition coefficient (Wildman–Crippen LogP) is 1.90. The van der Waals surface area contributed by atoms with Crippen LogP contribution in [0.15, 0.2) is 18.2 Å². The number of benzene rings is 1. The first-order valence-corrected chi connectivity index (χ1v) is 7.54. The van der Waals surface area contributed by atoms with Gasteiger partial charge in [0, 0.05) is 30.8 Å². The van der Waals surface area contributed by atoms with Crippen molar-refractivity contribution in [3.8, 4) is 5.75 Å². The first-order chi connectivity index (χ1) is 10.1. The number of ether oxygens (including phenoxy) is 1. The molecule has 2 rings (SSSR count). The molecular weight excluding hydrogens is 264 g/mol. The van der Waals surface area contributed by atoms with E-state index in [-0.39, 0.29) is 5.84 Å². The topological polar surface area (TPSA) is 65.6 Å². The quantitative estimate of drug-likeness (QED) is 0.656. The third-order valence-electron chi connectivity index (χ3n) is 4.18. The third kappa shape index (κ3) is 3.47. The minimum atomic E-state index is 0.111. The molecule has 1 heterocycles. The molecule has 0 aromatic heterocycles. The first kappa shape index (κ1) is 15.6. The second-order valence-corrected chi connectivity index (χ2v) is 5.67.